The first kappa shape index (κ1) is 14.0. The van der Waals surface area contributed by atoms with Crippen molar-refractivity contribution in [2.45, 2.75) is 32.4 Å². The second-order valence-electron chi connectivity index (χ2n) is 4.70. The van der Waals surface area contributed by atoms with Crippen LogP contribution in [-0.2, 0) is 6.42 Å². The lowest BCUT2D eigenvalue weighted by atomic mass is 10.0. The summed E-state index contributed by atoms with van der Waals surface area (Å²) < 4.78 is 14.9. The molecule has 1 atom stereocenters. The van der Waals surface area contributed by atoms with Gasteiger partial charge >= 0.3 is 0 Å². The van der Waals surface area contributed by atoms with Gasteiger partial charge in [-0.2, -0.15) is 5.10 Å². The second kappa shape index (κ2) is 5.67. The van der Waals surface area contributed by atoms with Gasteiger partial charge in [-0.1, -0.05) is 17.7 Å². The van der Waals surface area contributed by atoms with Gasteiger partial charge in [0, 0.05) is 18.5 Å². The minimum atomic E-state index is -0.442. The molecule has 6 heteroatoms. The molecular formula is C13H16ClFN4. The first-order valence-corrected chi connectivity index (χ1v) is 6.45. The molecule has 0 aliphatic heterocycles. The Morgan fingerprint density at radius 1 is 1.42 bits per heavy atom. The van der Waals surface area contributed by atoms with E-state index in [-0.39, 0.29) is 17.1 Å². The molecule has 0 saturated heterocycles. The van der Waals surface area contributed by atoms with Crippen LogP contribution in [0.1, 0.15) is 37.3 Å². The molecule has 0 fully saturated rings. The summed E-state index contributed by atoms with van der Waals surface area (Å²) in [5.74, 6) is 0.367. The predicted octanol–water partition coefficient (Wildman–Crippen LogP) is 2.89. The van der Waals surface area contributed by atoms with Crippen LogP contribution in [0.5, 0.6) is 0 Å². The average molecular weight is 283 g/mol. The van der Waals surface area contributed by atoms with Gasteiger partial charge in [-0.15, -0.1) is 0 Å². The van der Waals surface area contributed by atoms with Gasteiger partial charge in [-0.25, -0.2) is 14.1 Å². The molecular weight excluding hydrogens is 267 g/mol. The zero-order chi connectivity index (χ0) is 14.0. The van der Waals surface area contributed by atoms with Crippen LogP contribution in [0.15, 0.2) is 24.5 Å². The van der Waals surface area contributed by atoms with E-state index in [0.717, 1.165) is 11.4 Å². The zero-order valence-corrected chi connectivity index (χ0v) is 11.6. The molecule has 0 saturated carbocycles. The van der Waals surface area contributed by atoms with Crippen LogP contribution in [0.4, 0.5) is 4.39 Å². The molecule has 1 aromatic heterocycles. The molecule has 2 aromatic rings. The standard InChI is InChI=1S/C13H16ClFN4/c1-8(2)19-13(17-7-18-19)6-12(16)9-3-4-11(15)10(14)5-9/h3-5,7-8,12H,6,16H2,1-2H3. The third kappa shape index (κ3) is 3.11. The van der Waals surface area contributed by atoms with E-state index in [1.165, 1.54) is 12.4 Å². The van der Waals surface area contributed by atoms with Gasteiger partial charge in [-0.05, 0) is 31.5 Å². The highest BCUT2D eigenvalue weighted by Crippen LogP contribution is 2.22. The lowest BCUT2D eigenvalue weighted by molar-refractivity contribution is 0.493. The molecule has 0 radical (unpaired) electrons. The number of benzene rings is 1. The molecule has 1 heterocycles. The molecule has 0 spiro atoms. The lowest BCUT2D eigenvalue weighted by Crippen LogP contribution is -2.18. The van der Waals surface area contributed by atoms with E-state index in [9.17, 15) is 4.39 Å². The molecule has 0 bridgehead atoms. The number of hydrogen-bond acceptors (Lipinski definition) is 3. The number of halogens is 2. The first-order chi connectivity index (χ1) is 8.99. The summed E-state index contributed by atoms with van der Waals surface area (Å²) in [4.78, 5) is 4.21. The first-order valence-electron chi connectivity index (χ1n) is 6.08. The van der Waals surface area contributed by atoms with E-state index < -0.39 is 5.82 Å². The van der Waals surface area contributed by atoms with Crippen LogP contribution in [0.2, 0.25) is 5.02 Å². The molecule has 19 heavy (non-hydrogen) atoms. The molecule has 2 N–H and O–H groups in total. The third-order valence-corrected chi connectivity index (χ3v) is 3.20. The molecule has 0 amide bonds. The van der Waals surface area contributed by atoms with Crippen molar-refractivity contribution in [3.05, 3.63) is 46.8 Å². The maximum atomic E-state index is 13.1. The fraction of sp³-hybridized carbons (Fsp3) is 0.385. The smallest absolute Gasteiger partial charge is 0.141 e. The number of nitrogens with two attached hydrogens (primary N) is 1. The van der Waals surface area contributed by atoms with E-state index in [0.29, 0.717) is 6.42 Å². The van der Waals surface area contributed by atoms with Crippen molar-refractivity contribution in [2.75, 3.05) is 0 Å². The number of aromatic nitrogens is 3. The van der Waals surface area contributed by atoms with Crippen molar-refractivity contribution in [1.29, 1.82) is 0 Å². The molecule has 2 rings (SSSR count). The summed E-state index contributed by atoms with van der Waals surface area (Å²) in [5.41, 5.74) is 6.89. The summed E-state index contributed by atoms with van der Waals surface area (Å²) in [6, 6.07) is 4.45. The van der Waals surface area contributed by atoms with E-state index >= 15 is 0 Å². The predicted molar refractivity (Wildman–Crippen MR) is 72.4 cm³/mol. The zero-order valence-electron chi connectivity index (χ0n) is 10.8. The summed E-state index contributed by atoms with van der Waals surface area (Å²) in [6.45, 7) is 4.05. The van der Waals surface area contributed by atoms with Gasteiger partial charge in [0.1, 0.15) is 18.0 Å². The molecule has 4 nitrogen and oxygen atoms in total. The SMILES string of the molecule is CC(C)n1ncnc1CC(N)c1ccc(F)c(Cl)c1. The Morgan fingerprint density at radius 3 is 2.79 bits per heavy atom. The van der Waals surface area contributed by atoms with Crippen molar-refractivity contribution in [3.8, 4) is 0 Å². The Balaban J connectivity index is 2.18. The minimum Gasteiger partial charge on any atom is -0.324 e. The van der Waals surface area contributed by atoms with Crippen LogP contribution >= 0.6 is 11.6 Å². The molecule has 0 aliphatic rings. The Labute approximate surface area is 116 Å². The van der Waals surface area contributed by atoms with Gasteiger partial charge in [-0.3, -0.25) is 0 Å². The molecule has 0 aliphatic carbocycles. The van der Waals surface area contributed by atoms with E-state index in [4.69, 9.17) is 17.3 Å². The topological polar surface area (TPSA) is 56.7 Å². The Kier molecular flexibility index (Phi) is 4.17. The van der Waals surface area contributed by atoms with E-state index in [1.54, 1.807) is 12.1 Å². The number of hydrogen-bond donors (Lipinski definition) is 1. The van der Waals surface area contributed by atoms with E-state index in [2.05, 4.69) is 10.1 Å². The van der Waals surface area contributed by atoms with Gasteiger partial charge < -0.3 is 5.73 Å². The van der Waals surface area contributed by atoms with Crippen molar-refractivity contribution in [2.24, 2.45) is 5.73 Å². The van der Waals surface area contributed by atoms with Crippen LogP contribution in [-0.4, -0.2) is 14.8 Å². The van der Waals surface area contributed by atoms with Gasteiger partial charge in [0.25, 0.3) is 0 Å². The average Bonchev–Trinajstić information content (AvgIpc) is 2.80. The maximum Gasteiger partial charge on any atom is 0.141 e. The molecule has 1 unspecified atom stereocenters. The summed E-state index contributed by atoms with van der Waals surface area (Å²) in [6.07, 6.45) is 2.04. The van der Waals surface area contributed by atoms with Crippen molar-refractivity contribution < 1.29 is 4.39 Å². The molecule has 1 aromatic carbocycles. The van der Waals surface area contributed by atoms with Crippen LogP contribution in [0.3, 0.4) is 0 Å². The second-order valence-corrected chi connectivity index (χ2v) is 5.11. The van der Waals surface area contributed by atoms with Gasteiger partial charge in [0.2, 0.25) is 0 Å². The Hall–Kier alpha value is -1.46. The summed E-state index contributed by atoms with van der Waals surface area (Å²) >= 11 is 5.76. The fourth-order valence-electron chi connectivity index (χ4n) is 1.91. The normalized spacial score (nSPS) is 12.9. The third-order valence-electron chi connectivity index (χ3n) is 2.91. The highest BCUT2D eigenvalue weighted by molar-refractivity contribution is 6.30. The van der Waals surface area contributed by atoms with Crippen molar-refractivity contribution in [1.82, 2.24) is 14.8 Å². The van der Waals surface area contributed by atoms with Crippen molar-refractivity contribution >= 4 is 11.6 Å². The summed E-state index contributed by atoms with van der Waals surface area (Å²) in [5, 5.41) is 4.24. The maximum absolute atomic E-state index is 13.1. The van der Waals surface area contributed by atoms with Crippen molar-refractivity contribution in [3.63, 3.8) is 0 Å². The van der Waals surface area contributed by atoms with Gasteiger partial charge in [0.15, 0.2) is 0 Å². The van der Waals surface area contributed by atoms with Gasteiger partial charge in [0.05, 0.1) is 5.02 Å². The Morgan fingerprint density at radius 2 is 2.16 bits per heavy atom. The van der Waals surface area contributed by atoms with Crippen LogP contribution < -0.4 is 5.73 Å². The quantitative estimate of drug-likeness (QED) is 0.938. The molecule has 102 valence electrons. The van der Waals surface area contributed by atoms with Crippen LogP contribution in [0.25, 0.3) is 0 Å². The fourth-order valence-corrected chi connectivity index (χ4v) is 2.10. The number of nitrogens with zero attached hydrogens (tertiary/aromatic N) is 3. The lowest BCUT2D eigenvalue weighted by Gasteiger charge is -2.14. The number of rotatable bonds is 4. The highest BCUT2D eigenvalue weighted by atomic mass is 35.5. The van der Waals surface area contributed by atoms with Crippen LogP contribution in [0, 0.1) is 5.82 Å². The highest BCUT2D eigenvalue weighted by Gasteiger charge is 2.14. The van der Waals surface area contributed by atoms with E-state index in [1.807, 2.05) is 18.5 Å². The summed E-state index contributed by atoms with van der Waals surface area (Å²) in [7, 11) is 0. The minimum absolute atomic E-state index is 0.0817. The Bertz CT molecular complexity index is 568. The monoisotopic (exact) mass is 282 g/mol. The largest absolute Gasteiger partial charge is 0.324 e.